The van der Waals surface area contributed by atoms with Crippen LogP contribution in [0.25, 0.3) is 15.9 Å². The number of thiophene rings is 1. The Labute approximate surface area is 186 Å². The summed E-state index contributed by atoms with van der Waals surface area (Å²) >= 11 is 3.33. The van der Waals surface area contributed by atoms with Gasteiger partial charge in [-0.15, -0.1) is 11.3 Å². The summed E-state index contributed by atoms with van der Waals surface area (Å²) < 4.78 is 7.89. The summed E-state index contributed by atoms with van der Waals surface area (Å²) in [5.74, 6) is 1.40. The van der Waals surface area contributed by atoms with E-state index in [0.717, 1.165) is 55.7 Å². The van der Waals surface area contributed by atoms with Crippen LogP contribution in [-0.4, -0.2) is 21.4 Å². The van der Waals surface area contributed by atoms with E-state index in [1.165, 1.54) is 12.8 Å². The molecular weight excluding hydrogens is 412 g/mol. The van der Waals surface area contributed by atoms with Gasteiger partial charge in [0.05, 0.1) is 23.8 Å². The zero-order valence-electron chi connectivity index (χ0n) is 18.2. The fourth-order valence-corrected chi connectivity index (χ4v) is 6.12. The SMILES string of the molecule is CCCCCSc1nc2sc3c(c2c(=O)n1-c1cccc(C)c1)CC(C(C)C)OC3. The summed E-state index contributed by atoms with van der Waals surface area (Å²) in [4.78, 5) is 20.9. The molecule has 2 aromatic heterocycles. The number of fused-ring (bicyclic) bond motifs is 3. The lowest BCUT2D eigenvalue weighted by molar-refractivity contribution is 0.00200. The summed E-state index contributed by atoms with van der Waals surface area (Å²) in [5, 5.41) is 1.59. The van der Waals surface area contributed by atoms with E-state index in [1.54, 1.807) is 23.1 Å². The van der Waals surface area contributed by atoms with Crippen LogP contribution >= 0.6 is 23.1 Å². The Morgan fingerprint density at radius 2 is 2.17 bits per heavy atom. The van der Waals surface area contributed by atoms with Crippen molar-refractivity contribution in [2.24, 2.45) is 5.92 Å². The molecule has 160 valence electrons. The van der Waals surface area contributed by atoms with Crippen molar-refractivity contribution in [1.29, 1.82) is 0 Å². The minimum Gasteiger partial charge on any atom is -0.372 e. The van der Waals surface area contributed by atoms with Gasteiger partial charge in [-0.3, -0.25) is 9.36 Å². The van der Waals surface area contributed by atoms with E-state index in [1.807, 2.05) is 16.7 Å². The van der Waals surface area contributed by atoms with Gasteiger partial charge in [-0.05, 0) is 42.5 Å². The third-order valence-electron chi connectivity index (χ3n) is 5.69. The van der Waals surface area contributed by atoms with E-state index in [4.69, 9.17) is 9.72 Å². The number of nitrogens with zero attached hydrogens (tertiary/aromatic N) is 2. The Morgan fingerprint density at radius 1 is 1.33 bits per heavy atom. The lowest BCUT2D eigenvalue weighted by Crippen LogP contribution is -2.28. The van der Waals surface area contributed by atoms with Crippen LogP contribution in [0.5, 0.6) is 0 Å². The van der Waals surface area contributed by atoms with Gasteiger partial charge in [0.2, 0.25) is 0 Å². The molecule has 1 atom stereocenters. The fourth-order valence-electron chi connectivity index (χ4n) is 3.94. The van der Waals surface area contributed by atoms with Crippen LogP contribution in [0.1, 0.15) is 56.0 Å². The van der Waals surface area contributed by atoms with Gasteiger partial charge >= 0.3 is 0 Å². The van der Waals surface area contributed by atoms with E-state index in [9.17, 15) is 4.79 Å². The number of aryl methyl sites for hydroxylation is 1. The first-order valence-corrected chi connectivity index (χ1v) is 12.7. The highest BCUT2D eigenvalue weighted by atomic mass is 32.2. The molecule has 3 aromatic rings. The molecule has 30 heavy (non-hydrogen) atoms. The molecule has 0 fully saturated rings. The molecule has 4 nitrogen and oxygen atoms in total. The Kier molecular flexibility index (Phi) is 6.66. The fraction of sp³-hybridized carbons (Fsp3) is 0.500. The lowest BCUT2D eigenvalue weighted by atomic mass is 9.96. The zero-order valence-corrected chi connectivity index (χ0v) is 19.9. The largest absolute Gasteiger partial charge is 0.372 e. The van der Waals surface area contributed by atoms with Crippen molar-refractivity contribution in [3.05, 3.63) is 50.6 Å². The van der Waals surface area contributed by atoms with Crippen molar-refractivity contribution in [2.45, 2.75) is 71.2 Å². The second-order valence-electron chi connectivity index (χ2n) is 8.41. The van der Waals surface area contributed by atoms with Crippen molar-refractivity contribution >= 4 is 33.3 Å². The van der Waals surface area contributed by atoms with E-state index in [2.05, 4.69) is 39.8 Å². The molecule has 0 N–H and O–H groups in total. The molecule has 1 aliphatic rings. The van der Waals surface area contributed by atoms with Crippen LogP contribution in [0.4, 0.5) is 0 Å². The number of thioether (sulfide) groups is 1. The smallest absolute Gasteiger partial charge is 0.267 e. The van der Waals surface area contributed by atoms with E-state index < -0.39 is 0 Å². The minimum absolute atomic E-state index is 0.0606. The van der Waals surface area contributed by atoms with Gasteiger partial charge in [0, 0.05) is 17.1 Å². The van der Waals surface area contributed by atoms with Gasteiger partial charge in [-0.25, -0.2) is 4.98 Å². The van der Waals surface area contributed by atoms with Gasteiger partial charge in [0.1, 0.15) is 4.83 Å². The summed E-state index contributed by atoms with van der Waals surface area (Å²) in [6.45, 7) is 9.21. The predicted molar refractivity (Wildman–Crippen MR) is 127 cm³/mol. The Balaban J connectivity index is 1.86. The van der Waals surface area contributed by atoms with Gasteiger partial charge in [-0.2, -0.15) is 0 Å². The first-order chi connectivity index (χ1) is 14.5. The summed E-state index contributed by atoms with van der Waals surface area (Å²) in [7, 11) is 0. The number of benzene rings is 1. The van der Waals surface area contributed by atoms with Crippen molar-refractivity contribution < 1.29 is 4.74 Å². The maximum absolute atomic E-state index is 13.8. The molecule has 0 amide bonds. The first-order valence-electron chi connectivity index (χ1n) is 10.9. The number of ether oxygens (including phenoxy) is 1. The predicted octanol–water partition coefficient (Wildman–Crippen LogP) is 6.14. The highest BCUT2D eigenvalue weighted by molar-refractivity contribution is 7.99. The maximum atomic E-state index is 13.8. The second kappa shape index (κ2) is 9.25. The molecule has 1 unspecified atom stereocenters. The highest BCUT2D eigenvalue weighted by Crippen LogP contribution is 2.36. The molecule has 0 saturated heterocycles. The molecule has 3 heterocycles. The standard InChI is InChI=1S/C24H30N2O2S2/c1-5-6-7-11-29-24-25-22-21(18-13-19(15(2)3)28-14-20(18)30-22)23(27)26(24)17-10-8-9-16(4)12-17/h8-10,12,15,19H,5-7,11,13-14H2,1-4H3. The van der Waals surface area contributed by atoms with Crippen LogP contribution in [0, 0.1) is 12.8 Å². The summed E-state index contributed by atoms with van der Waals surface area (Å²) in [6, 6.07) is 8.16. The van der Waals surface area contributed by atoms with Crippen LogP contribution < -0.4 is 5.56 Å². The molecule has 1 aliphatic heterocycles. The zero-order chi connectivity index (χ0) is 21.3. The van der Waals surface area contributed by atoms with Gasteiger partial charge in [-0.1, -0.05) is 57.5 Å². The van der Waals surface area contributed by atoms with E-state index in [-0.39, 0.29) is 11.7 Å². The number of unbranched alkanes of at least 4 members (excludes halogenated alkanes) is 2. The first kappa shape index (κ1) is 21.6. The van der Waals surface area contributed by atoms with Gasteiger partial charge in [0.25, 0.3) is 5.56 Å². The van der Waals surface area contributed by atoms with Crippen LogP contribution in [0.2, 0.25) is 0 Å². The number of hydrogen-bond donors (Lipinski definition) is 0. The molecule has 0 radical (unpaired) electrons. The molecular formula is C24H30N2O2S2. The Hall–Kier alpha value is -1.63. The van der Waals surface area contributed by atoms with E-state index >= 15 is 0 Å². The molecule has 0 spiro atoms. The van der Waals surface area contributed by atoms with Crippen molar-refractivity contribution in [2.75, 3.05) is 5.75 Å². The topological polar surface area (TPSA) is 44.1 Å². The van der Waals surface area contributed by atoms with Crippen molar-refractivity contribution in [1.82, 2.24) is 9.55 Å². The monoisotopic (exact) mass is 442 g/mol. The van der Waals surface area contributed by atoms with Gasteiger partial charge < -0.3 is 4.74 Å². The average molecular weight is 443 g/mol. The normalized spacial score (nSPS) is 16.4. The quantitative estimate of drug-likeness (QED) is 0.251. The average Bonchev–Trinajstić information content (AvgIpc) is 3.09. The van der Waals surface area contributed by atoms with Crippen molar-refractivity contribution in [3.63, 3.8) is 0 Å². The molecule has 6 heteroatoms. The summed E-state index contributed by atoms with van der Waals surface area (Å²) in [5.41, 5.74) is 3.26. The van der Waals surface area contributed by atoms with Crippen LogP contribution in [-0.2, 0) is 17.8 Å². The third kappa shape index (κ3) is 4.23. The number of hydrogen-bond acceptors (Lipinski definition) is 5. The third-order valence-corrected chi connectivity index (χ3v) is 7.82. The molecule has 0 aliphatic carbocycles. The van der Waals surface area contributed by atoms with Crippen LogP contribution in [0.15, 0.2) is 34.2 Å². The summed E-state index contributed by atoms with van der Waals surface area (Å²) in [6.07, 6.45) is 4.47. The minimum atomic E-state index is 0.0606. The van der Waals surface area contributed by atoms with Crippen molar-refractivity contribution in [3.8, 4) is 5.69 Å². The maximum Gasteiger partial charge on any atom is 0.267 e. The molecule has 1 aromatic carbocycles. The lowest BCUT2D eigenvalue weighted by Gasteiger charge is -2.26. The van der Waals surface area contributed by atoms with Gasteiger partial charge in [0.15, 0.2) is 5.16 Å². The highest BCUT2D eigenvalue weighted by Gasteiger charge is 2.28. The molecule has 4 rings (SSSR count). The van der Waals surface area contributed by atoms with E-state index in [0.29, 0.717) is 12.5 Å². The Morgan fingerprint density at radius 3 is 2.90 bits per heavy atom. The number of rotatable bonds is 7. The number of aromatic nitrogens is 2. The second-order valence-corrected chi connectivity index (χ2v) is 10.6. The molecule has 0 bridgehead atoms. The molecule has 0 saturated carbocycles. The van der Waals surface area contributed by atoms with Crippen LogP contribution in [0.3, 0.4) is 0 Å². The Bertz CT molecular complexity index is 1100.